The Hall–Kier alpha value is -3.08. The van der Waals surface area contributed by atoms with E-state index >= 15 is 0 Å². The van der Waals surface area contributed by atoms with Crippen LogP contribution in [0, 0.1) is 0 Å². The highest BCUT2D eigenvalue weighted by Crippen LogP contribution is 2.22. The Morgan fingerprint density at radius 3 is 2.37 bits per heavy atom. The molecule has 0 aliphatic rings. The highest BCUT2D eigenvalue weighted by Gasteiger charge is 2.23. The molecule has 5 nitrogen and oxygen atoms in total. The molecule has 1 amide bonds. The average molecular weight is 364 g/mol. The van der Waals surface area contributed by atoms with Gasteiger partial charge in [-0.15, -0.1) is 0 Å². The Balaban J connectivity index is 1.76. The molecule has 3 N–H and O–H groups in total. The first kappa shape index (κ1) is 18.7. The molecule has 0 aliphatic carbocycles. The zero-order valence-corrected chi connectivity index (χ0v) is 15.7. The van der Waals surface area contributed by atoms with Gasteiger partial charge in [0.25, 0.3) is 5.91 Å². The number of hydrogen-bond acceptors (Lipinski definition) is 2. The van der Waals surface area contributed by atoms with Gasteiger partial charge in [-0.2, -0.15) is 0 Å². The van der Waals surface area contributed by atoms with Crippen molar-refractivity contribution in [1.29, 1.82) is 0 Å². The van der Waals surface area contributed by atoms with E-state index in [0.717, 1.165) is 22.0 Å². The van der Waals surface area contributed by atoms with Crippen molar-refractivity contribution < 1.29 is 14.7 Å². The number of H-pyrrole nitrogens is 1. The largest absolute Gasteiger partial charge is 0.480 e. The van der Waals surface area contributed by atoms with Gasteiger partial charge in [-0.3, -0.25) is 4.79 Å². The molecule has 0 bridgehead atoms. The number of amides is 1. The van der Waals surface area contributed by atoms with Gasteiger partial charge in [0.15, 0.2) is 0 Å². The molecule has 2 aromatic carbocycles. The van der Waals surface area contributed by atoms with Gasteiger partial charge in [0.1, 0.15) is 6.04 Å². The molecule has 0 radical (unpaired) electrons. The van der Waals surface area contributed by atoms with Crippen LogP contribution < -0.4 is 5.32 Å². The number of carbonyl (C=O) groups excluding carboxylic acids is 1. The summed E-state index contributed by atoms with van der Waals surface area (Å²) in [5, 5.41) is 13.2. The summed E-state index contributed by atoms with van der Waals surface area (Å²) in [6.45, 7) is 6.30. The molecule has 1 heterocycles. The number of aromatic nitrogens is 1. The van der Waals surface area contributed by atoms with Gasteiger partial charge in [-0.25, -0.2) is 4.79 Å². The molecule has 0 fully saturated rings. The molecular weight excluding hydrogens is 340 g/mol. The van der Waals surface area contributed by atoms with Crippen LogP contribution in [-0.4, -0.2) is 28.0 Å². The number of carboxylic acids is 1. The van der Waals surface area contributed by atoms with Gasteiger partial charge in [-0.1, -0.05) is 51.1 Å². The lowest BCUT2D eigenvalue weighted by atomic mass is 9.86. The summed E-state index contributed by atoms with van der Waals surface area (Å²) in [6, 6.07) is 14.0. The van der Waals surface area contributed by atoms with Crippen molar-refractivity contribution in [3.05, 3.63) is 71.4 Å². The van der Waals surface area contributed by atoms with Crippen LogP contribution in [0.3, 0.4) is 0 Å². The van der Waals surface area contributed by atoms with Crippen LogP contribution >= 0.6 is 0 Å². The lowest BCUT2D eigenvalue weighted by molar-refractivity contribution is -0.139. The second-order valence-corrected chi connectivity index (χ2v) is 7.76. The van der Waals surface area contributed by atoms with E-state index in [1.165, 1.54) is 0 Å². The summed E-state index contributed by atoms with van der Waals surface area (Å²) in [7, 11) is 0. The number of rotatable bonds is 5. The molecule has 140 valence electrons. The third kappa shape index (κ3) is 4.19. The van der Waals surface area contributed by atoms with Crippen LogP contribution in [0.25, 0.3) is 10.9 Å². The molecule has 0 aliphatic heterocycles. The van der Waals surface area contributed by atoms with E-state index in [1.54, 1.807) is 18.3 Å². The monoisotopic (exact) mass is 364 g/mol. The highest BCUT2D eigenvalue weighted by molar-refractivity contribution is 5.97. The van der Waals surface area contributed by atoms with Crippen LogP contribution in [0.5, 0.6) is 0 Å². The number of para-hydroxylation sites is 1. The summed E-state index contributed by atoms with van der Waals surface area (Å²) in [6.07, 6.45) is 2.01. The lowest BCUT2D eigenvalue weighted by Crippen LogP contribution is -2.42. The van der Waals surface area contributed by atoms with Crippen LogP contribution in [0.4, 0.5) is 0 Å². The Kier molecular flexibility index (Phi) is 5.04. The van der Waals surface area contributed by atoms with Gasteiger partial charge >= 0.3 is 5.97 Å². The Morgan fingerprint density at radius 2 is 1.74 bits per heavy atom. The molecule has 5 heteroatoms. The first-order valence-corrected chi connectivity index (χ1v) is 8.95. The first-order valence-electron chi connectivity index (χ1n) is 8.95. The molecule has 3 rings (SSSR count). The molecule has 27 heavy (non-hydrogen) atoms. The fraction of sp³-hybridized carbons (Fsp3) is 0.273. The minimum absolute atomic E-state index is 0.00601. The van der Waals surface area contributed by atoms with Crippen molar-refractivity contribution in [3.63, 3.8) is 0 Å². The fourth-order valence-corrected chi connectivity index (χ4v) is 3.08. The summed E-state index contributed by atoms with van der Waals surface area (Å²) in [5.74, 6) is -1.44. The van der Waals surface area contributed by atoms with E-state index in [9.17, 15) is 14.7 Å². The van der Waals surface area contributed by atoms with E-state index in [0.29, 0.717) is 5.56 Å². The SMILES string of the molecule is CC(C)(C)c1ccc(C(=O)N[C@H](Cc2c[nH]c3ccccc23)C(=O)O)cc1. The highest BCUT2D eigenvalue weighted by atomic mass is 16.4. The van der Waals surface area contributed by atoms with Crippen molar-refractivity contribution in [3.8, 4) is 0 Å². The minimum atomic E-state index is -1.06. The van der Waals surface area contributed by atoms with Crippen molar-refractivity contribution >= 4 is 22.8 Å². The fourth-order valence-electron chi connectivity index (χ4n) is 3.08. The molecule has 1 atom stereocenters. The minimum Gasteiger partial charge on any atom is -0.480 e. The number of aliphatic carboxylic acids is 1. The number of fused-ring (bicyclic) bond motifs is 1. The third-order valence-electron chi connectivity index (χ3n) is 4.72. The first-order chi connectivity index (χ1) is 12.8. The molecule has 0 spiro atoms. The number of hydrogen-bond donors (Lipinski definition) is 3. The smallest absolute Gasteiger partial charge is 0.326 e. The van der Waals surface area contributed by atoms with Crippen molar-refractivity contribution in [2.45, 2.75) is 38.6 Å². The van der Waals surface area contributed by atoms with Crippen LogP contribution in [0.2, 0.25) is 0 Å². The number of aromatic amines is 1. The number of carbonyl (C=O) groups is 2. The van der Waals surface area contributed by atoms with Crippen molar-refractivity contribution in [1.82, 2.24) is 10.3 Å². The second kappa shape index (κ2) is 7.27. The predicted molar refractivity (Wildman–Crippen MR) is 106 cm³/mol. The molecule has 0 saturated carbocycles. The molecule has 0 unspecified atom stereocenters. The molecule has 0 saturated heterocycles. The maximum Gasteiger partial charge on any atom is 0.326 e. The van der Waals surface area contributed by atoms with E-state index in [1.807, 2.05) is 36.4 Å². The normalized spacial score (nSPS) is 12.7. The van der Waals surface area contributed by atoms with Crippen molar-refractivity contribution in [2.24, 2.45) is 0 Å². The Morgan fingerprint density at radius 1 is 1.07 bits per heavy atom. The quantitative estimate of drug-likeness (QED) is 0.642. The number of nitrogens with one attached hydrogen (secondary N) is 2. The summed E-state index contributed by atoms with van der Waals surface area (Å²) >= 11 is 0. The van der Waals surface area contributed by atoms with Crippen LogP contribution in [-0.2, 0) is 16.6 Å². The second-order valence-electron chi connectivity index (χ2n) is 7.76. The van der Waals surface area contributed by atoms with Crippen LogP contribution in [0.1, 0.15) is 42.3 Å². The van der Waals surface area contributed by atoms with E-state index < -0.39 is 12.0 Å². The van der Waals surface area contributed by atoms with Crippen molar-refractivity contribution in [2.75, 3.05) is 0 Å². The van der Waals surface area contributed by atoms with Gasteiger partial charge in [-0.05, 0) is 34.7 Å². The predicted octanol–water partition coefficient (Wildman–Crippen LogP) is 3.89. The zero-order valence-electron chi connectivity index (χ0n) is 15.7. The van der Waals surface area contributed by atoms with E-state index in [2.05, 4.69) is 31.1 Å². The number of carboxylic acid groups (broad SMARTS) is 1. The Bertz CT molecular complexity index is 965. The van der Waals surface area contributed by atoms with Gasteiger partial charge in [0.05, 0.1) is 0 Å². The van der Waals surface area contributed by atoms with Gasteiger partial charge in [0, 0.05) is 29.1 Å². The molecular formula is C22H24N2O3. The maximum atomic E-state index is 12.5. The molecule has 3 aromatic rings. The third-order valence-corrected chi connectivity index (χ3v) is 4.72. The topological polar surface area (TPSA) is 82.2 Å². The Labute approximate surface area is 158 Å². The lowest BCUT2D eigenvalue weighted by Gasteiger charge is -2.19. The maximum absolute atomic E-state index is 12.5. The average Bonchev–Trinajstić information content (AvgIpc) is 3.03. The van der Waals surface area contributed by atoms with E-state index in [4.69, 9.17) is 0 Å². The summed E-state index contributed by atoms with van der Waals surface area (Å²) in [4.78, 5) is 27.4. The summed E-state index contributed by atoms with van der Waals surface area (Å²) in [5.41, 5.74) is 3.37. The standard InChI is InChI=1S/C22H24N2O3/c1-22(2,3)16-10-8-14(9-11-16)20(25)24-19(21(26)27)12-15-13-23-18-7-5-4-6-17(15)18/h4-11,13,19,23H,12H2,1-3H3,(H,24,25)(H,26,27)/t19-/m1/s1. The molecule has 1 aromatic heterocycles. The van der Waals surface area contributed by atoms with E-state index in [-0.39, 0.29) is 17.7 Å². The zero-order chi connectivity index (χ0) is 19.6. The van der Waals surface area contributed by atoms with Gasteiger partial charge in [0.2, 0.25) is 0 Å². The summed E-state index contributed by atoms with van der Waals surface area (Å²) < 4.78 is 0. The van der Waals surface area contributed by atoms with Gasteiger partial charge < -0.3 is 15.4 Å². The number of benzene rings is 2. The van der Waals surface area contributed by atoms with Crippen LogP contribution in [0.15, 0.2) is 54.7 Å².